The molecule has 112 valence electrons. The molecule has 20 heavy (non-hydrogen) atoms. The number of hydrogen-bond donors (Lipinski definition) is 2. The van der Waals surface area contributed by atoms with Gasteiger partial charge in [-0.3, -0.25) is 4.79 Å². The first-order valence-corrected chi connectivity index (χ1v) is 6.28. The smallest absolute Gasteiger partial charge is 0.358 e. The molecule has 1 unspecified atom stereocenters. The molecule has 5 nitrogen and oxygen atoms in total. The van der Waals surface area contributed by atoms with Crippen LogP contribution in [0.2, 0.25) is 5.15 Å². The van der Waals surface area contributed by atoms with E-state index in [0.29, 0.717) is 6.54 Å². The summed E-state index contributed by atoms with van der Waals surface area (Å²) in [5, 5.41) is 4.82. The largest absolute Gasteiger partial charge is 0.451 e. The van der Waals surface area contributed by atoms with Crippen molar-refractivity contribution in [3.05, 3.63) is 17.0 Å². The highest BCUT2D eigenvalue weighted by Gasteiger charge is 2.35. The Hall–Kier alpha value is -1.57. The van der Waals surface area contributed by atoms with Crippen molar-refractivity contribution in [1.82, 2.24) is 15.3 Å². The number of amides is 1. The van der Waals surface area contributed by atoms with Crippen LogP contribution in [0.1, 0.15) is 26.1 Å². The molecule has 0 saturated heterocycles. The van der Waals surface area contributed by atoms with Crippen molar-refractivity contribution >= 4 is 23.3 Å². The second-order valence-corrected chi connectivity index (χ2v) is 4.44. The van der Waals surface area contributed by atoms with Crippen molar-refractivity contribution < 1.29 is 18.0 Å². The van der Waals surface area contributed by atoms with E-state index in [1.165, 1.54) is 6.92 Å². The topological polar surface area (TPSA) is 66.9 Å². The summed E-state index contributed by atoms with van der Waals surface area (Å²) in [5.74, 6) is -1.85. The SMILES string of the molecule is CCCNC(=O)C(C)Nc1cc(Cl)nc(C(F)(F)F)n1. The fourth-order valence-electron chi connectivity index (χ4n) is 1.31. The summed E-state index contributed by atoms with van der Waals surface area (Å²) < 4.78 is 37.6. The Kier molecular flexibility index (Phi) is 5.55. The lowest BCUT2D eigenvalue weighted by atomic mass is 10.3. The molecular formula is C11H14ClF3N4O. The number of carbonyl (C=O) groups excluding carboxylic acids is 1. The Bertz CT molecular complexity index is 481. The summed E-state index contributed by atoms with van der Waals surface area (Å²) in [6.07, 6.45) is -3.94. The van der Waals surface area contributed by atoms with E-state index >= 15 is 0 Å². The zero-order valence-corrected chi connectivity index (χ0v) is 11.6. The standard InChI is InChI=1S/C11H14ClF3N4O/c1-3-4-16-9(20)6(2)17-8-5-7(12)18-10(19-8)11(13,14)15/h5-6H,3-4H2,1-2H3,(H,16,20)(H,17,18,19). The van der Waals surface area contributed by atoms with Crippen LogP contribution in [-0.2, 0) is 11.0 Å². The highest BCUT2D eigenvalue weighted by atomic mass is 35.5. The minimum atomic E-state index is -4.70. The average Bonchev–Trinajstić information content (AvgIpc) is 2.34. The van der Waals surface area contributed by atoms with Crippen molar-refractivity contribution in [3.63, 3.8) is 0 Å². The van der Waals surface area contributed by atoms with E-state index < -0.39 is 18.0 Å². The molecule has 1 aromatic heterocycles. The van der Waals surface area contributed by atoms with Gasteiger partial charge in [0.2, 0.25) is 11.7 Å². The van der Waals surface area contributed by atoms with E-state index in [2.05, 4.69) is 20.6 Å². The van der Waals surface area contributed by atoms with Gasteiger partial charge in [0.15, 0.2) is 0 Å². The number of halogens is 4. The lowest BCUT2D eigenvalue weighted by molar-refractivity contribution is -0.144. The minimum absolute atomic E-state index is 0.156. The van der Waals surface area contributed by atoms with Gasteiger partial charge in [-0.05, 0) is 13.3 Å². The predicted molar refractivity (Wildman–Crippen MR) is 68.4 cm³/mol. The Morgan fingerprint density at radius 3 is 2.65 bits per heavy atom. The summed E-state index contributed by atoms with van der Waals surface area (Å²) in [4.78, 5) is 18.0. The number of nitrogens with zero attached hydrogens (tertiary/aromatic N) is 2. The van der Waals surface area contributed by atoms with Crippen LogP contribution in [0.3, 0.4) is 0 Å². The van der Waals surface area contributed by atoms with E-state index in [4.69, 9.17) is 11.6 Å². The number of alkyl halides is 3. The van der Waals surface area contributed by atoms with E-state index in [9.17, 15) is 18.0 Å². The Morgan fingerprint density at radius 2 is 2.10 bits per heavy atom. The maximum Gasteiger partial charge on any atom is 0.451 e. The van der Waals surface area contributed by atoms with Gasteiger partial charge >= 0.3 is 6.18 Å². The van der Waals surface area contributed by atoms with Crippen LogP contribution in [-0.4, -0.2) is 28.5 Å². The molecule has 1 heterocycles. The molecule has 1 rings (SSSR count). The molecule has 9 heteroatoms. The predicted octanol–water partition coefficient (Wildman–Crippen LogP) is 2.48. The molecule has 1 amide bonds. The fraction of sp³-hybridized carbons (Fsp3) is 0.545. The van der Waals surface area contributed by atoms with Gasteiger partial charge in [0.05, 0.1) is 0 Å². The molecule has 0 aliphatic heterocycles. The van der Waals surface area contributed by atoms with Crippen molar-refractivity contribution in [3.8, 4) is 0 Å². The van der Waals surface area contributed by atoms with Crippen LogP contribution in [0.25, 0.3) is 0 Å². The Labute approximate surface area is 118 Å². The first-order valence-electron chi connectivity index (χ1n) is 5.90. The quantitative estimate of drug-likeness (QED) is 0.820. The summed E-state index contributed by atoms with van der Waals surface area (Å²) in [6, 6.07) is 0.383. The number of anilines is 1. The highest BCUT2D eigenvalue weighted by molar-refractivity contribution is 6.29. The Morgan fingerprint density at radius 1 is 1.45 bits per heavy atom. The third-order valence-electron chi connectivity index (χ3n) is 2.26. The first-order chi connectivity index (χ1) is 9.24. The van der Waals surface area contributed by atoms with E-state index in [-0.39, 0.29) is 16.9 Å². The molecule has 0 aliphatic rings. The van der Waals surface area contributed by atoms with Gasteiger partial charge in [-0.15, -0.1) is 0 Å². The van der Waals surface area contributed by atoms with Crippen LogP contribution >= 0.6 is 11.6 Å². The number of rotatable bonds is 5. The molecule has 0 saturated carbocycles. The number of aromatic nitrogens is 2. The molecule has 2 N–H and O–H groups in total. The van der Waals surface area contributed by atoms with E-state index in [0.717, 1.165) is 12.5 Å². The Balaban J connectivity index is 2.82. The molecule has 0 radical (unpaired) electrons. The van der Waals surface area contributed by atoms with Crippen LogP contribution in [0.4, 0.5) is 19.0 Å². The monoisotopic (exact) mass is 310 g/mol. The zero-order chi connectivity index (χ0) is 15.3. The van der Waals surface area contributed by atoms with Crippen molar-refractivity contribution in [2.75, 3.05) is 11.9 Å². The molecule has 0 fully saturated rings. The van der Waals surface area contributed by atoms with E-state index in [1.54, 1.807) is 0 Å². The third kappa shape index (κ3) is 4.84. The lowest BCUT2D eigenvalue weighted by Crippen LogP contribution is -2.38. The summed E-state index contributed by atoms with van der Waals surface area (Å²) >= 11 is 5.51. The summed E-state index contributed by atoms with van der Waals surface area (Å²) in [6.45, 7) is 3.88. The molecule has 0 aliphatic carbocycles. The maximum absolute atomic E-state index is 12.5. The van der Waals surface area contributed by atoms with Crippen molar-refractivity contribution in [1.29, 1.82) is 0 Å². The number of hydrogen-bond acceptors (Lipinski definition) is 4. The number of carbonyl (C=O) groups is 1. The normalized spacial score (nSPS) is 12.9. The van der Waals surface area contributed by atoms with Gasteiger partial charge in [-0.2, -0.15) is 13.2 Å². The lowest BCUT2D eigenvalue weighted by Gasteiger charge is -2.15. The molecular weight excluding hydrogens is 297 g/mol. The number of nitrogens with one attached hydrogen (secondary N) is 2. The second kappa shape index (κ2) is 6.74. The van der Waals surface area contributed by atoms with Gasteiger partial charge in [0.1, 0.15) is 17.0 Å². The van der Waals surface area contributed by atoms with Gasteiger partial charge < -0.3 is 10.6 Å². The van der Waals surface area contributed by atoms with Gasteiger partial charge in [0, 0.05) is 12.6 Å². The molecule has 0 spiro atoms. The molecule has 0 aromatic carbocycles. The summed E-state index contributed by atoms with van der Waals surface area (Å²) in [5.41, 5.74) is 0. The fourth-order valence-corrected chi connectivity index (χ4v) is 1.49. The van der Waals surface area contributed by atoms with Crippen LogP contribution in [0.5, 0.6) is 0 Å². The van der Waals surface area contributed by atoms with Crippen molar-refractivity contribution in [2.45, 2.75) is 32.5 Å². The highest BCUT2D eigenvalue weighted by Crippen LogP contribution is 2.28. The molecule has 1 atom stereocenters. The minimum Gasteiger partial charge on any atom is -0.358 e. The van der Waals surface area contributed by atoms with Crippen LogP contribution in [0, 0.1) is 0 Å². The van der Waals surface area contributed by atoms with Crippen molar-refractivity contribution in [2.24, 2.45) is 0 Å². The zero-order valence-electron chi connectivity index (χ0n) is 10.9. The molecule has 1 aromatic rings. The third-order valence-corrected chi connectivity index (χ3v) is 2.45. The first kappa shape index (κ1) is 16.5. The van der Waals surface area contributed by atoms with Gasteiger partial charge in [-0.1, -0.05) is 18.5 Å². The van der Waals surface area contributed by atoms with Gasteiger partial charge in [0.25, 0.3) is 0 Å². The maximum atomic E-state index is 12.5. The van der Waals surface area contributed by atoms with Crippen LogP contribution < -0.4 is 10.6 Å². The van der Waals surface area contributed by atoms with Crippen LogP contribution in [0.15, 0.2) is 6.07 Å². The second-order valence-electron chi connectivity index (χ2n) is 4.05. The van der Waals surface area contributed by atoms with E-state index in [1.807, 2.05) is 6.92 Å². The summed E-state index contributed by atoms with van der Waals surface area (Å²) in [7, 11) is 0. The average molecular weight is 311 g/mol. The molecule has 0 bridgehead atoms. The van der Waals surface area contributed by atoms with Gasteiger partial charge in [-0.25, -0.2) is 9.97 Å².